The van der Waals surface area contributed by atoms with Crippen molar-refractivity contribution >= 4 is 10.1 Å². The number of hydrogen-bond donors (Lipinski definition) is 4. The van der Waals surface area contributed by atoms with Gasteiger partial charge in [-0.25, -0.2) is 0 Å². The second-order valence-electron chi connectivity index (χ2n) is 15.0. The Hall–Kier alpha value is -1.41. The van der Waals surface area contributed by atoms with Crippen molar-refractivity contribution in [3.8, 4) is 0 Å². The van der Waals surface area contributed by atoms with Gasteiger partial charge in [0.1, 0.15) is 0 Å². The van der Waals surface area contributed by atoms with Crippen molar-refractivity contribution in [2.75, 3.05) is 0 Å². The lowest BCUT2D eigenvalue weighted by molar-refractivity contribution is -0.0960. The van der Waals surface area contributed by atoms with Gasteiger partial charge in [0.05, 0.1) is 22.9 Å². The van der Waals surface area contributed by atoms with Gasteiger partial charge >= 0.3 is 0 Å². The third-order valence-electron chi connectivity index (χ3n) is 12.4. The summed E-state index contributed by atoms with van der Waals surface area (Å²) in [5, 5.41) is 32.1. The summed E-state index contributed by atoms with van der Waals surface area (Å²) in [4.78, 5) is 0.0346. The molecule has 0 amide bonds. The molecule has 1 aromatic rings. The van der Waals surface area contributed by atoms with E-state index in [1.54, 1.807) is 6.07 Å². The Morgan fingerprint density at radius 3 is 2.44 bits per heavy atom. The summed E-state index contributed by atoms with van der Waals surface area (Å²) in [6, 6.07) is 5.13. The molecule has 0 spiro atoms. The van der Waals surface area contributed by atoms with Crippen LogP contribution in [0.15, 0.2) is 34.4 Å². The highest BCUT2D eigenvalue weighted by Gasteiger charge is 2.61. The summed E-state index contributed by atoms with van der Waals surface area (Å²) >= 11 is 0. The van der Waals surface area contributed by atoms with E-state index in [1.807, 2.05) is 13.0 Å². The molecule has 0 heterocycles. The number of benzene rings is 1. The van der Waals surface area contributed by atoms with E-state index in [0.717, 1.165) is 43.2 Å². The molecule has 4 aliphatic rings. The molecule has 3 saturated carbocycles. The van der Waals surface area contributed by atoms with E-state index in [1.165, 1.54) is 25.3 Å². The first-order chi connectivity index (χ1) is 19.1. The molecule has 7 heteroatoms. The number of rotatable bonds is 8. The van der Waals surface area contributed by atoms with E-state index < -0.39 is 22.3 Å². The van der Waals surface area contributed by atoms with Crippen LogP contribution in [0.25, 0.3) is 0 Å². The monoisotopic (exact) mass is 588 g/mol. The van der Waals surface area contributed by atoms with Crippen LogP contribution < -0.4 is 0 Å². The average Bonchev–Trinajstić information content (AvgIpc) is 3.22. The third-order valence-corrected chi connectivity index (χ3v) is 13.3. The minimum absolute atomic E-state index is 0.0346. The van der Waals surface area contributed by atoms with Crippen LogP contribution in [-0.2, 0) is 16.5 Å². The van der Waals surface area contributed by atoms with Crippen LogP contribution in [0.2, 0.25) is 0 Å². The van der Waals surface area contributed by atoms with Gasteiger partial charge in [-0.3, -0.25) is 4.55 Å². The summed E-state index contributed by atoms with van der Waals surface area (Å²) in [7, 11) is -4.23. The van der Waals surface area contributed by atoms with Crippen molar-refractivity contribution in [3.05, 3.63) is 40.7 Å². The normalized spacial score (nSPS) is 38.6. The van der Waals surface area contributed by atoms with Gasteiger partial charge in [0.15, 0.2) is 0 Å². The summed E-state index contributed by atoms with van der Waals surface area (Å²) in [5.74, 6) is 3.55. The van der Waals surface area contributed by atoms with Gasteiger partial charge in [0.25, 0.3) is 10.1 Å². The molecule has 5 rings (SSSR count). The first-order valence-electron chi connectivity index (χ1n) is 16.0. The van der Waals surface area contributed by atoms with Crippen LogP contribution in [0.5, 0.6) is 0 Å². The molecular weight excluding hydrogens is 536 g/mol. The molecule has 1 aromatic carbocycles. The fourth-order valence-corrected chi connectivity index (χ4v) is 11.1. The van der Waals surface area contributed by atoms with Crippen LogP contribution >= 0.6 is 0 Å². The number of fused-ring (bicyclic) bond motifs is 5. The molecule has 0 bridgehead atoms. The number of hydrogen-bond acceptors (Lipinski definition) is 5. The fraction of sp³-hybridized carbons (Fsp3) is 0.765. The van der Waals surface area contributed by atoms with E-state index in [2.05, 4.69) is 27.7 Å². The van der Waals surface area contributed by atoms with Crippen molar-refractivity contribution in [1.29, 1.82) is 0 Å². The zero-order chi connectivity index (χ0) is 29.9. The third kappa shape index (κ3) is 5.65. The first-order valence-corrected chi connectivity index (χ1v) is 17.4. The zero-order valence-corrected chi connectivity index (χ0v) is 26.5. The minimum Gasteiger partial charge on any atom is -0.512 e. The minimum atomic E-state index is -4.23. The standard InChI is InChI=1S/C34H52O6S/c1-20(15-23-16-21(2)9-12-32(23)41(38,39)40)7-6-8-22(3)25-10-11-26-24-17-29(35)28-18-30(36)31(37)19-34(28,5)27(24)13-14-33(25,26)4/h9,12,16,20,22,24-27,30-31,35-37H,6-8,10-11,13-15,17-19H2,1-5H3,(H,38,39,40)/t20?,22-,24+,25-,26+,27+,30?,31?,33-,34-/m1/s1. The molecule has 230 valence electrons. The van der Waals surface area contributed by atoms with Crippen molar-refractivity contribution < 1.29 is 28.3 Å². The molecule has 4 N–H and O–H groups in total. The molecule has 4 aliphatic carbocycles. The van der Waals surface area contributed by atoms with E-state index in [4.69, 9.17) is 0 Å². The lowest BCUT2D eigenvalue weighted by Crippen LogP contribution is -2.54. The molecule has 0 aromatic heterocycles. The largest absolute Gasteiger partial charge is 0.512 e. The summed E-state index contributed by atoms with van der Waals surface area (Å²) < 4.78 is 33.4. The first kappa shape index (κ1) is 31.0. The molecule has 6 nitrogen and oxygen atoms in total. The molecule has 3 unspecified atom stereocenters. The maximum absolute atomic E-state index is 11.9. The second kappa shape index (κ2) is 11.3. The van der Waals surface area contributed by atoms with Crippen LogP contribution in [0.4, 0.5) is 0 Å². The fourth-order valence-electron chi connectivity index (χ4n) is 10.4. The number of aliphatic hydroxyl groups is 3. The lowest BCUT2D eigenvalue weighted by Gasteiger charge is -2.59. The maximum Gasteiger partial charge on any atom is 0.294 e. The topological polar surface area (TPSA) is 115 Å². The van der Waals surface area contributed by atoms with E-state index in [0.29, 0.717) is 66.1 Å². The van der Waals surface area contributed by atoms with Gasteiger partial charge in [-0.15, -0.1) is 0 Å². The van der Waals surface area contributed by atoms with Gasteiger partial charge in [-0.1, -0.05) is 64.7 Å². The SMILES string of the molecule is Cc1ccc(S(=O)(=O)O)c(CC(C)CCC[C@@H](C)[C@H]2CC[C@H]3[C@@H]4CC(O)=C5CC(O)C(O)C[C@]5(C)[C@H]4CC[C@]23C)c1. The Morgan fingerprint density at radius 1 is 1.00 bits per heavy atom. The van der Waals surface area contributed by atoms with Gasteiger partial charge in [-0.05, 0) is 109 Å². The van der Waals surface area contributed by atoms with Crippen LogP contribution in [0, 0.1) is 53.3 Å². The van der Waals surface area contributed by atoms with Crippen molar-refractivity contribution in [2.24, 2.45) is 46.3 Å². The molecule has 0 aliphatic heterocycles. The van der Waals surface area contributed by atoms with E-state index in [9.17, 15) is 28.3 Å². The van der Waals surface area contributed by atoms with Crippen LogP contribution in [0.3, 0.4) is 0 Å². The number of allylic oxidation sites excluding steroid dienone is 1. The van der Waals surface area contributed by atoms with Crippen molar-refractivity contribution in [2.45, 2.75) is 122 Å². The smallest absolute Gasteiger partial charge is 0.294 e. The Labute approximate surface area is 247 Å². The van der Waals surface area contributed by atoms with Gasteiger partial charge in [0.2, 0.25) is 0 Å². The second-order valence-corrected chi connectivity index (χ2v) is 16.4. The predicted octanol–water partition coefficient (Wildman–Crippen LogP) is 7.02. The molecule has 3 fully saturated rings. The maximum atomic E-state index is 11.9. The van der Waals surface area contributed by atoms with Crippen LogP contribution in [-0.4, -0.2) is 40.5 Å². The predicted molar refractivity (Wildman–Crippen MR) is 161 cm³/mol. The van der Waals surface area contributed by atoms with Gasteiger partial charge in [-0.2, -0.15) is 8.42 Å². The Morgan fingerprint density at radius 2 is 1.73 bits per heavy atom. The lowest BCUT2D eigenvalue weighted by atomic mass is 9.46. The van der Waals surface area contributed by atoms with Crippen molar-refractivity contribution in [1.82, 2.24) is 0 Å². The highest BCUT2D eigenvalue weighted by atomic mass is 32.2. The summed E-state index contributed by atoms with van der Waals surface area (Å²) in [6.07, 6.45) is 8.86. The van der Waals surface area contributed by atoms with Gasteiger partial charge < -0.3 is 15.3 Å². The average molecular weight is 589 g/mol. The molecule has 41 heavy (non-hydrogen) atoms. The highest BCUT2D eigenvalue weighted by molar-refractivity contribution is 7.85. The number of aliphatic hydroxyl groups excluding tert-OH is 3. The van der Waals surface area contributed by atoms with Gasteiger partial charge in [0, 0.05) is 12.8 Å². The molecule has 10 atom stereocenters. The summed E-state index contributed by atoms with van der Waals surface area (Å²) in [5.41, 5.74) is 2.75. The summed E-state index contributed by atoms with van der Waals surface area (Å²) in [6.45, 7) is 11.3. The number of aryl methyl sites for hydroxylation is 1. The Kier molecular flexibility index (Phi) is 8.52. The zero-order valence-electron chi connectivity index (χ0n) is 25.6. The Bertz CT molecular complexity index is 1270. The highest BCUT2D eigenvalue weighted by Crippen LogP contribution is 2.68. The van der Waals surface area contributed by atoms with E-state index in [-0.39, 0.29) is 15.7 Å². The molecule has 0 radical (unpaired) electrons. The van der Waals surface area contributed by atoms with Crippen LogP contribution in [0.1, 0.15) is 103 Å². The quantitative estimate of drug-likeness (QED) is 0.243. The molecular formula is C34H52O6S. The molecule has 0 saturated heterocycles. The van der Waals surface area contributed by atoms with E-state index >= 15 is 0 Å². The Balaban J connectivity index is 1.21. The van der Waals surface area contributed by atoms with Crippen molar-refractivity contribution in [3.63, 3.8) is 0 Å².